The van der Waals surface area contributed by atoms with Crippen molar-refractivity contribution < 1.29 is 14.3 Å². The molecule has 1 fully saturated rings. The molecule has 0 bridgehead atoms. The summed E-state index contributed by atoms with van der Waals surface area (Å²) in [5.41, 5.74) is 1.74. The number of benzene rings is 1. The van der Waals surface area contributed by atoms with E-state index in [1.165, 1.54) is 0 Å². The molecule has 0 unspecified atom stereocenters. The second kappa shape index (κ2) is 7.96. The highest BCUT2D eigenvalue weighted by Gasteiger charge is 2.24. The number of aromatic nitrogens is 2. The molecule has 0 spiro atoms. The van der Waals surface area contributed by atoms with Crippen molar-refractivity contribution >= 4 is 5.91 Å². The van der Waals surface area contributed by atoms with E-state index in [1.54, 1.807) is 19.5 Å². The van der Waals surface area contributed by atoms with Crippen LogP contribution in [0.2, 0.25) is 0 Å². The predicted molar refractivity (Wildman–Crippen MR) is 93.9 cm³/mol. The lowest BCUT2D eigenvalue weighted by Gasteiger charge is -2.29. The quantitative estimate of drug-likeness (QED) is 0.905. The average Bonchev–Trinajstić information content (AvgIpc) is 2.64. The Morgan fingerprint density at radius 1 is 1.12 bits per heavy atom. The molecule has 0 atom stereocenters. The third-order valence-electron chi connectivity index (χ3n) is 4.49. The Hall–Kier alpha value is -2.63. The topological polar surface area (TPSA) is 73.3 Å². The van der Waals surface area contributed by atoms with Gasteiger partial charge in [-0.15, -0.1) is 0 Å². The van der Waals surface area contributed by atoms with Gasteiger partial charge in [-0.2, -0.15) is 4.98 Å². The van der Waals surface area contributed by atoms with Gasteiger partial charge >= 0.3 is 0 Å². The number of nitrogens with zero attached hydrogens (tertiary/aromatic N) is 2. The van der Waals surface area contributed by atoms with E-state index in [0.29, 0.717) is 11.8 Å². The lowest BCUT2D eigenvalue weighted by Crippen LogP contribution is -2.40. The van der Waals surface area contributed by atoms with Gasteiger partial charge in [0.15, 0.2) is 0 Å². The summed E-state index contributed by atoms with van der Waals surface area (Å²) >= 11 is 0. The number of methoxy groups -OCH3 is 1. The molecule has 1 heterocycles. The Morgan fingerprint density at radius 3 is 2.56 bits per heavy atom. The number of aryl methyl sites for hydroxylation is 1. The lowest BCUT2D eigenvalue weighted by atomic mass is 9.92. The van der Waals surface area contributed by atoms with Crippen molar-refractivity contribution in [3.8, 4) is 11.8 Å². The second-order valence-corrected chi connectivity index (χ2v) is 6.28. The average molecular weight is 341 g/mol. The zero-order valence-electron chi connectivity index (χ0n) is 14.6. The number of amides is 1. The number of hydrogen-bond acceptors (Lipinski definition) is 5. The minimum atomic E-state index is 0.00105. The summed E-state index contributed by atoms with van der Waals surface area (Å²) in [6, 6.07) is 7.83. The van der Waals surface area contributed by atoms with Crippen LogP contribution >= 0.6 is 0 Å². The van der Waals surface area contributed by atoms with Gasteiger partial charge in [0.2, 0.25) is 11.8 Å². The van der Waals surface area contributed by atoms with E-state index in [9.17, 15) is 4.79 Å². The highest BCUT2D eigenvalue weighted by Crippen LogP contribution is 2.24. The molecule has 1 N–H and O–H groups in total. The maximum absolute atomic E-state index is 12.4. The summed E-state index contributed by atoms with van der Waals surface area (Å²) in [4.78, 5) is 20.7. The van der Waals surface area contributed by atoms with E-state index < -0.39 is 0 Å². The largest absolute Gasteiger partial charge is 0.480 e. The van der Waals surface area contributed by atoms with Gasteiger partial charge in [-0.25, -0.2) is 0 Å². The normalized spacial score (nSPS) is 19.9. The van der Waals surface area contributed by atoms with E-state index in [0.717, 1.165) is 36.8 Å². The molecule has 6 nitrogen and oxygen atoms in total. The van der Waals surface area contributed by atoms with Crippen LogP contribution in [0.15, 0.2) is 36.7 Å². The van der Waals surface area contributed by atoms with Gasteiger partial charge in [0.25, 0.3) is 5.91 Å². The number of nitrogens with one attached hydrogen (secondary N) is 1. The molecule has 3 rings (SSSR count). The number of carbonyl (C=O) groups excluding carboxylic acids is 1. The Kier molecular flexibility index (Phi) is 5.48. The highest BCUT2D eigenvalue weighted by atomic mass is 16.5. The Morgan fingerprint density at radius 2 is 1.84 bits per heavy atom. The third kappa shape index (κ3) is 4.47. The molecule has 1 aromatic heterocycles. The van der Waals surface area contributed by atoms with Gasteiger partial charge in [0, 0.05) is 11.6 Å². The molecule has 1 aromatic carbocycles. The summed E-state index contributed by atoms with van der Waals surface area (Å²) in [5, 5.41) is 3.14. The van der Waals surface area contributed by atoms with Crippen LogP contribution in [0.25, 0.3) is 0 Å². The third-order valence-corrected chi connectivity index (χ3v) is 4.49. The molecule has 0 aliphatic heterocycles. The van der Waals surface area contributed by atoms with Crippen molar-refractivity contribution in [3.05, 3.63) is 47.8 Å². The zero-order valence-corrected chi connectivity index (χ0v) is 14.6. The van der Waals surface area contributed by atoms with Crippen LogP contribution in [0.3, 0.4) is 0 Å². The Labute approximate surface area is 147 Å². The van der Waals surface area contributed by atoms with E-state index in [2.05, 4.69) is 15.3 Å². The van der Waals surface area contributed by atoms with Gasteiger partial charge < -0.3 is 14.8 Å². The molecule has 132 valence electrons. The maximum Gasteiger partial charge on any atom is 0.251 e. The first-order chi connectivity index (χ1) is 12.2. The minimum Gasteiger partial charge on any atom is -0.480 e. The van der Waals surface area contributed by atoms with Crippen molar-refractivity contribution in [3.63, 3.8) is 0 Å². The fourth-order valence-corrected chi connectivity index (χ4v) is 3.07. The molecule has 1 aliphatic carbocycles. The molecule has 0 saturated heterocycles. The maximum atomic E-state index is 12.4. The van der Waals surface area contributed by atoms with E-state index in [4.69, 9.17) is 9.47 Å². The van der Waals surface area contributed by atoms with E-state index >= 15 is 0 Å². The molecular formula is C19H23N3O3. The van der Waals surface area contributed by atoms with Crippen LogP contribution in [0.5, 0.6) is 11.8 Å². The van der Waals surface area contributed by atoms with Crippen molar-refractivity contribution in [2.75, 3.05) is 7.11 Å². The molecule has 25 heavy (non-hydrogen) atoms. The molecule has 1 saturated carbocycles. The predicted octanol–water partition coefficient (Wildman–Crippen LogP) is 2.91. The van der Waals surface area contributed by atoms with Gasteiger partial charge in [-0.3, -0.25) is 9.78 Å². The zero-order chi connectivity index (χ0) is 17.6. The summed E-state index contributed by atoms with van der Waals surface area (Å²) in [5.74, 6) is 0.921. The minimum absolute atomic E-state index is 0.00105. The molecule has 1 amide bonds. The van der Waals surface area contributed by atoms with Crippen LogP contribution in [-0.4, -0.2) is 35.1 Å². The van der Waals surface area contributed by atoms with Gasteiger partial charge in [0.05, 0.1) is 19.5 Å². The summed E-state index contributed by atoms with van der Waals surface area (Å²) in [6.07, 6.45) is 6.75. The standard InChI is InChI=1S/C19H23N3O3/c1-13-5-3-4-6-16(13)19(23)21-14-7-9-15(10-8-14)25-18-12-20-11-17(22-18)24-2/h3-6,11-12,14-15H,7-10H2,1-2H3,(H,21,23). The number of hydrogen-bond donors (Lipinski definition) is 1. The number of carbonyl (C=O) groups is 1. The first-order valence-electron chi connectivity index (χ1n) is 8.55. The van der Waals surface area contributed by atoms with Crippen LogP contribution in [0.4, 0.5) is 0 Å². The number of ether oxygens (including phenoxy) is 2. The fourth-order valence-electron chi connectivity index (χ4n) is 3.07. The van der Waals surface area contributed by atoms with Crippen LogP contribution in [0, 0.1) is 6.92 Å². The SMILES string of the molecule is COc1cncc(OC2CCC(NC(=O)c3ccccc3C)CC2)n1. The van der Waals surface area contributed by atoms with Crippen molar-refractivity contribution in [2.45, 2.75) is 44.8 Å². The Balaban J connectivity index is 1.50. The van der Waals surface area contributed by atoms with Crippen LogP contribution in [-0.2, 0) is 0 Å². The fraction of sp³-hybridized carbons (Fsp3) is 0.421. The number of rotatable bonds is 5. The molecule has 1 aliphatic rings. The first kappa shape index (κ1) is 17.2. The van der Waals surface area contributed by atoms with Gasteiger partial charge in [-0.05, 0) is 44.2 Å². The van der Waals surface area contributed by atoms with Gasteiger partial charge in [-0.1, -0.05) is 18.2 Å². The monoisotopic (exact) mass is 341 g/mol. The van der Waals surface area contributed by atoms with Gasteiger partial charge in [0.1, 0.15) is 6.10 Å². The highest BCUT2D eigenvalue weighted by molar-refractivity contribution is 5.95. The smallest absolute Gasteiger partial charge is 0.251 e. The summed E-state index contributed by atoms with van der Waals surface area (Å²) < 4.78 is 10.9. The van der Waals surface area contributed by atoms with Crippen molar-refractivity contribution in [2.24, 2.45) is 0 Å². The molecule has 0 radical (unpaired) electrons. The Bertz CT molecular complexity index is 727. The molecule has 6 heteroatoms. The van der Waals surface area contributed by atoms with Crippen LogP contribution < -0.4 is 14.8 Å². The van der Waals surface area contributed by atoms with Crippen molar-refractivity contribution in [1.29, 1.82) is 0 Å². The van der Waals surface area contributed by atoms with E-state index in [-0.39, 0.29) is 18.1 Å². The first-order valence-corrected chi connectivity index (χ1v) is 8.55. The summed E-state index contributed by atoms with van der Waals surface area (Å²) in [6.45, 7) is 1.95. The molecule has 2 aromatic rings. The lowest BCUT2D eigenvalue weighted by molar-refractivity contribution is 0.0888. The van der Waals surface area contributed by atoms with Crippen molar-refractivity contribution in [1.82, 2.24) is 15.3 Å². The molecular weight excluding hydrogens is 318 g/mol. The second-order valence-electron chi connectivity index (χ2n) is 6.28. The van der Waals surface area contributed by atoms with E-state index in [1.807, 2.05) is 31.2 Å². The van der Waals surface area contributed by atoms with Crippen LogP contribution in [0.1, 0.15) is 41.6 Å². The summed E-state index contributed by atoms with van der Waals surface area (Å²) in [7, 11) is 1.55.